The van der Waals surface area contributed by atoms with Crippen molar-refractivity contribution < 1.29 is 22.3 Å². The maximum absolute atomic E-state index is 13.0. The highest BCUT2D eigenvalue weighted by Crippen LogP contribution is 2.39. The molecule has 0 aliphatic heterocycles. The molecule has 0 saturated heterocycles. The third-order valence-corrected chi connectivity index (χ3v) is 4.33. The van der Waals surface area contributed by atoms with Crippen molar-refractivity contribution in [3.63, 3.8) is 0 Å². The quantitative estimate of drug-likeness (QED) is 0.496. The minimum absolute atomic E-state index is 0.227. The summed E-state index contributed by atoms with van der Waals surface area (Å²) in [5.41, 5.74) is 1.10. The van der Waals surface area contributed by atoms with Crippen molar-refractivity contribution >= 4 is 11.6 Å². The summed E-state index contributed by atoms with van der Waals surface area (Å²) in [5, 5.41) is 0.631. The highest BCUT2D eigenvalue weighted by Gasteiger charge is 2.31. The van der Waals surface area contributed by atoms with E-state index in [9.17, 15) is 13.2 Å². The van der Waals surface area contributed by atoms with Crippen LogP contribution < -0.4 is 4.74 Å². The molecule has 0 amide bonds. The van der Waals surface area contributed by atoms with Gasteiger partial charge in [-0.25, -0.2) is 0 Å². The monoisotopic (exact) mass is 366 g/mol. The zero-order chi connectivity index (χ0) is 18.2. The van der Waals surface area contributed by atoms with Gasteiger partial charge in [-0.3, -0.25) is 0 Å². The van der Waals surface area contributed by atoms with Gasteiger partial charge in [-0.1, -0.05) is 11.6 Å². The summed E-state index contributed by atoms with van der Waals surface area (Å²) in [5.74, 6) is 1.06. The first-order valence-corrected chi connectivity index (χ1v) is 7.83. The summed E-state index contributed by atoms with van der Waals surface area (Å²) >= 11 is 6.14. The van der Waals surface area contributed by atoms with Crippen LogP contribution >= 0.6 is 11.6 Å². The lowest BCUT2D eigenvalue weighted by atomic mass is 10.1. The molecule has 2 aromatic carbocycles. The second-order valence-electron chi connectivity index (χ2n) is 5.66. The molecular weight excluding hydrogens is 353 g/mol. The predicted molar refractivity (Wildman–Crippen MR) is 90.1 cm³/mol. The maximum atomic E-state index is 13.0. The second-order valence-corrected chi connectivity index (χ2v) is 6.04. The van der Waals surface area contributed by atoms with Gasteiger partial charge >= 0.3 is 6.18 Å². The Hall–Kier alpha value is -2.40. The molecular formula is C19H14ClF3O2. The van der Waals surface area contributed by atoms with Gasteiger partial charge in [0.1, 0.15) is 17.3 Å². The Bertz CT molecular complexity index is 877. The van der Waals surface area contributed by atoms with Gasteiger partial charge in [0.2, 0.25) is 0 Å². The van der Waals surface area contributed by atoms with E-state index in [1.165, 1.54) is 12.3 Å². The number of alkyl halides is 3. The summed E-state index contributed by atoms with van der Waals surface area (Å²) in [6.45, 7) is 3.67. The van der Waals surface area contributed by atoms with Crippen LogP contribution in [0.4, 0.5) is 13.2 Å². The Morgan fingerprint density at radius 1 is 1.00 bits per heavy atom. The lowest BCUT2D eigenvalue weighted by molar-refractivity contribution is -0.137. The van der Waals surface area contributed by atoms with Crippen LogP contribution in [-0.2, 0) is 6.18 Å². The first-order chi connectivity index (χ1) is 11.8. The summed E-state index contributed by atoms with van der Waals surface area (Å²) < 4.78 is 50.2. The molecule has 0 fully saturated rings. The van der Waals surface area contributed by atoms with Gasteiger partial charge in [-0.2, -0.15) is 13.2 Å². The van der Waals surface area contributed by atoms with Crippen molar-refractivity contribution in [2.75, 3.05) is 0 Å². The van der Waals surface area contributed by atoms with Crippen molar-refractivity contribution in [1.82, 2.24) is 0 Å². The number of rotatable bonds is 3. The van der Waals surface area contributed by atoms with E-state index in [0.717, 1.165) is 23.3 Å². The summed E-state index contributed by atoms with van der Waals surface area (Å²) in [6.07, 6.45) is -3.05. The Kier molecular flexibility index (Phi) is 4.52. The smallest absolute Gasteiger partial charge is 0.416 e. The van der Waals surface area contributed by atoms with E-state index < -0.39 is 11.7 Å². The minimum Gasteiger partial charge on any atom is -0.464 e. The van der Waals surface area contributed by atoms with E-state index in [-0.39, 0.29) is 11.3 Å². The van der Waals surface area contributed by atoms with Gasteiger partial charge in [0.05, 0.1) is 17.4 Å². The highest BCUT2D eigenvalue weighted by molar-refractivity contribution is 6.32. The highest BCUT2D eigenvalue weighted by atomic mass is 35.5. The number of halogens is 4. The number of furan rings is 1. The third kappa shape index (κ3) is 3.66. The van der Waals surface area contributed by atoms with Crippen molar-refractivity contribution in [1.29, 1.82) is 0 Å². The van der Waals surface area contributed by atoms with Crippen molar-refractivity contribution in [3.8, 4) is 22.8 Å². The van der Waals surface area contributed by atoms with Crippen molar-refractivity contribution in [2.45, 2.75) is 20.0 Å². The molecule has 0 bridgehead atoms. The minimum atomic E-state index is -4.45. The summed E-state index contributed by atoms with van der Waals surface area (Å²) in [7, 11) is 0. The van der Waals surface area contributed by atoms with E-state index in [2.05, 4.69) is 0 Å². The molecule has 0 aliphatic rings. The molecule has 1 heterocycles. The fourth-order valence-corrected chi connectivity index (χ4v) is 2.62. The molecule has 0 spiro atoms. The average molecular weight is 367 g/mol. The van der Waals surface area contributed by atoms with E-state index in [1.807, 2.05) is 13.8 Å². The third-order valence-electron chi connectivity index (χ3n) is 3.73. The molecule has 0 atom stereocenters. The van der Waals surface area contributed by atoms with E-state index in [0.29, 0.717) is 16.5 Å². The van der Waals surface area contributed by atoms with Gasteiger partial charge in [0, 0.05) is 5.02 Å². The van der Waals surface area contributed by atoms with Crippen LogP contribution in [0.25, 0.3) is 11.3 Å². The van der Waals surface area contributed by atoms with Gasteiger partial charge in [-0.15, -0.1) is 0 Å². The normalized spacial score (nSPS) is 11.6. The Morgan fingerprint density at radius 2 is 1.68 bits per heavy atom. The van der Waals surface area contributed by atoms with Crippen molar-refractivity contribution in [2.24, 2.45) is 0 Å². The van der Waals surface area contributed by atoms with Crippen LogP contribution in [0.2, 0.25) is 5.02 Å². The Labute approximate surface area is 147 Å². The number of hydrogen-bond donors (Lipinski definition) is 0. The number of ether oxygens (including phenoxy) is 1. The zero-order valence-electron chi connectivity index (χ0n) is 13.4. The number of hydrogen-bond acceptors (Lipinski definition) is 2. The number of aryl methyl sites for hydroxylation is 2. The molecule has 0 radical (unpaired) electrons. The Morgan fingerprint density at radius 3 is 2.24 bits per heavy atom. The summed E-state index contributed by atoms with van der Waals surface area (Å²) in [6, 6.07) is 9.95. The van der Waals surface area contributed by atoms with Crippen LogP contribution in [0.1, 0.15) is 16.7 Å². The molecule has 0 N–H and O–H groups in total. The topological polar surface area (TPSA) is 22.4 Å². The molecule has 25 heavy (non-hydrogen) atoms. The lowest BCUT2D eigenvalue weighted by Gasteiger charge is -2.14. The van der Waals surface area contributed by atoms with Gasteiger partial charge in [0.15, 0.2) is 0 Å². The molecule has 3 aromatic rings. The molecule has 130 valence electrons. The fourth-order valence-electron chi connectivity index (χ4n) is 2.51. The second kappa shape index (κ2) is 6.48. The van der Waals surface area contributed by atoms with Gasteiger partial charge < -0.3 is 9.15 Å². The maximum Gasteiger partial charge on any atom is 0.416 e. The van der Waals surface area contributed by atoms with E-state index in [1.54, 1.807) is 24.3 Å². The largest absolute Gasteiger partial charge is 0.464 e. The fraction of sp³-hybridized carbons (Fsp3) is 0.158. The van der Waals surface area contributed by atoms with Crippen LogP contribution in [0.3, 0.4) is 0 Å². The van der Waals surface area contributed by atoms with E-state index >= 15 is 0 Å². The molecule has 0 saturated carbocycles. The SMILES string of the molecule is Cc1cc(Oc2ccc(C(F)(F)F)cc2-c2ccco2)cc(C)c1Cl. The average Bonchev–Trinajstić information content (AvgIpc) is 3.06. The van der Waals surface area contributed by atoms with Crippen LogP contribution in [-0.4, -0.2) is 0 Å². The molecule has 0 unspecified atom stereocenters. The van der Waals surface area contributed by atoms with Crippen LogP contribution in [0.15, 0.2) is 53.1 Å². The molecule has 1 aromatic heterocycles. The van der Waals surface area contributed by atoms with Gasteiger partial charge in [-0.05, 0) is 67.4 Å². The van der Waals surface area contributed by atoms with Gasteiger partial charge in [0.25, 0.3) is 0 Å². The molecule has 3 rings (SSSR count). The molecule has 2 nitrogen and oxygen atoms in total. The zero-order valence-corrected chi connectivity index (χ0v) is 14.2. The van der Waals surface area contributed by atoms with Crippen LogP contribution in [0, 0.1) is 13.8 Å². The predicted octanol–water partition coefficient (Wildman–Crippen LogP) is 7.03. The Balaban J connectivity index is 2.07. The first-order valence-electron chi connectivity index (χ1n) is 7.45. The lowest BCUT2D eigenvalue weighted by Crippen LogP contribution is -2.05. The molecule has 0 aliphatic carbocycles. The molecule has 6 heteroatoms. The first kappa shape index (κ1) is 17.4. The van der Waals surface area contributed by atoms with Crippen molar-refractivity contribution in [3.05, 3.63) is 70.4 Å². The summed E-state index contributed by atoms with van der Waals surface area (Å²) in [4.78, 5) is 0. The van der Waals surface area contributed by atoms with E-state index in [4.69, 9.17) is 20.8 Å². The standard InChI is InChI=1S/C19H14ClF3O2/c1-11-8-14(9-12(2)18(11)20)25-17-6-5-13(19(21,22)23)10-15(17)16-4-3-7-24-16/h3-10H,1-2H3. The number of benzene rings is 2. The van der Waals surface area contributed by atoms with Crippen LogP contribution in [0.5, 0.6) is 11.5 Å².